The summed E-state index contributed by atoms with van der Waals surface area (Å²) >= 11 is 0. The Morgan fingerprint density at radius 3 is 2.94 bits per heavy atom. The van der Waals surface area contributed by atoms with Gasteiger partial charge in [0, 0.05) is 24.9 Å². The van der Waals surface area contributed by atoms with Gasteiger partial charge in [0.1, 0.15) is 5.75 Å². The second-order valence-corrected chi connectivity index (χ2v) is 4.63. The monoisotopic (exact) mass is 250 g/mol. The van der Waals surface area contributed by atoms with E-state index in [0.717, 1.165) is 37.1 Å². The standard InChI is InChI=1S/C14H22N2O2/c1-2-18-14-9-12(5-6-13(14)15)16-7-8-17-10-11-3-4-11/h5-6,9,11,16H,2-4,7-8,10,15H2,1H3. The van der Waals surface area contributed by atoms with Crippen molar-refractivity contribution in [2.24, 2.45) is 5.92 Å². The number of ether oxygens (including phenoxy) is 2. The quantitative estimate of drug-likeness (QED) is 0.550. The van der Waals surface area contributed by atoms with Crippen LogP contribution in [0.2, 0.25) is 0 Å². The zero-order valence-corrected chi connectivity index (χ0v) is 10.9. The number of hydrogen-bond acceptors (Lipinski definition) is 4. The van der Waals surface area contributed by atoms with Gasteiger partial charge in [0.05, 0.1) is 18.9 Å². The molecule has 1 aromatic carbocycles. The lowest BCUT2D eigenvalue weighted by atomic mass is 10.2. The van der Waals surface area contributed by atoms with Crippen LogP contribution < -0.4 is 15.8 Å². The van der Waals surface area contributed by atoms with E-state index in [1.165, 1.54) is 12.8 Å². The van der Waals surface area contributed by atoms with Crippen molar-refractivity contribution in [3.8, 4) is 5.75 Å². The second-order valence-electron chi connectivity index (χ2n) is 4.63. The van der Waals surface area contributed by atoms with Gasteiger partial charge in [0.2, 0.25) is 0 Å². The van der Waals surface area contributed by atoms with E-state index in [1.54, 1.807) is 0 Å². The number of hydrogen-bond donors (Lipinski definition) is 2. The molecular formula is C14H22N2O2. The van der Waals surface area contributed by atoms with Crippen molar-refractivity contribution >= 4 is 11.4 Å². The number of nitrogen functional groups attached to an aromatic ring is 1. The van der Waals surface area contributed by atoms with Gasteiger partial charge in [-0.3, -0.25) is 0 Å². The van der Waals surface area contributed by atoms with Crippen molar-refractivity contribution < 1.29 is 9.47 Å². The lowest BCUT2D eigenvalue weighted by molar-refractivity contribution is 0.134. The lowest BCUT2D eigenvalue weighted by Gasteiger charge is -2.11. The average Bonchev–Trinajstić information content (AvgIpc) is 3.17. The molecular weight excluding hydrogens is 228 g/mol. The highest BCUT2D eigenvalue weighted by Gasteiger charge is 2.20. The van der Waals surface area contributed by atoms with Crippen molar-refractivity contribution in [2.75, 3.05) is 37.4 Å². The maximum absolute atomic E-state index is 5.81. The maximum Gasteiger partial charge on any atom is 0.144 e. The molecule has 1 aromatic rings. The van der Waals surface area contributed by atoms with Crippen molar-refractivity contribution in [3.63, 3.8) is 0 Å². The Balaban J connectivity index is 1.71. The third-order valence-corrected chi connectivity index (χ3v) is 2.94. The average molecular weight is 250 g/mol. The van der Waals surface area contributed by atoms with Gasteiger partial charge < -0.3 is 20.5 Å². The van der Waals surface area contributed by atoms with Gasteiger partial charge in [0.15, 0.2) is 0 Å². The summed E-state index contributed by atoms with van der Waals surface area (Å²) in [5.74, 6) is 1.56. The minimum absolute atomic E-state index is 0.623. The zero-order valence-electron chi connectivity index (χ0n) is 10.9. The van der Waals surface area contributed by atoms with Gasteiger partial charge in [-0.05, 0) is 37.8 Å². The fourth-order valence-corrected chi connectivity index (χ4v) is 1.73. The van der Waals surface area contributed by atoms with E-state index in [2.05, 4.69) is 5.32 Å². The molecule has 0 radical (unpaired) electrons. The molecule has 0 atom stereocenters. The minimum atomic E-state index is 0.623. The summed E-state index contributed by atoms with van der Waals surface area (Å²) in [6.45, 7) is 5.03. The van der Waals surface area contributed by atoms with E-state index in [9.17, 15) is 0 Å². The summed E-state index contributed by atoms with van der Waals surface area (Å²) in [7, 11) is 0. The highest BCUT2D eigenvalue weighted by atomic mass is 16.5. The van der Waals surface area contributed by atoms with Crippen LogP contribution >= 0.6 is 0 Å². The van der Waals surface area contributed by atoms with E-state index in [1.807, 2.05) is 25.1 Å². The van der Waals surface area contributed by atoms with E-state index in [0.29, 0.717) is 12.3 Å². The molecule has 1 aliphatic carbocycles. The third-order valence-electron chi connectivity index (χ3n) is 2.94. The predicted molar refractivity (Wildman–Crippen MR) is 74.1 cm³/mol. The van der Waals surface area contributed by atoms with Gasteiger partial charge in [-0.25, -0.2) is 0 Å². The Morgan fingerprint density at radius 2 is 2.22 bits per heavy atom. The summed E-state index contributed by atoms with van der Waals surface area (Å²) < 4.78 is 11.0. The molecule has 0 amide bonds. The number of benzene rings is 1. The fraction of sp³-hybridized carbons (Fsp3) is 0.571. The normalized spacial score (nSPS) is 14.5. The van der Waals surface area contributed by atoms with Crippen LogP contribution in [0.4, 0.5) is 11.4 Å². The molecule has 0 unspecified atom stereocenters. The Hall–Kier alpha value is -1.42. The molecule has 1 fully saturated rings. The van der Waals surface area contributed by atoms with Crippen LogP contribution in [0.1, 0.15) is 19.8 Å². The SMILES string of the molecule is CCOc1cc(NCCOCC2CC2)ccc1N. The van der Waals surface area contributed by atoms with E-state index in [4.69, 9.17) is 15.2 Å². The summed E-state index contributed by atoms with van der Waals surface area (Å²) in [5.41, 5.74) is 7.50. The first-order valence-electron chi connectivity index (χ1n) is 6.63. The van der Waals surface area contributed by atoms with Gasteiger partial charge in [-0.15, -0.1) is 0 Å². The molecule has 0 spiro atoms. The molecule has 0 aliphatic heterocycles. The van der Waals surface area contributed by atoms with Gasteiger partial charge in [-0.1, -0.05) is 0 Å². The molecule has 0 bridgehead atoms. The topological polar surface area (TPSA) is 56.5 Å². The molecule has 3 N–H and O–H groups in total. The Bertz CT molecular complexity index is 378. The van der Waals surface area contributed by atoms with Crippen molar-refractivity contribution in [3.05, 3.63) is 18.2 Å². The number of nitrogens with two attached hydrogens (primary N) is 1. The van der Waals surface area contributed by atoms with Crippen molar-refractivity contribution in [1.82, 2.24) is 0 Å². The van der Waals surface area contributed by atoms with Crippen LogP contribution in [0.3, 0.4) is 0 Å². The summed E-state index contributed by atoms with van der Waals surface area (Å²) in [6, 6.07) is 5.75. The first-order chi connectivity index (χ1) is 8.79. The Morgan fingerprint density at radius 1 is 1.39 bits per heavy atom. The smallest absolute Gasteiger partial charge is 0.144 e. The Labute approximate surface area is 108 Å². The zero-order chi connectivity index (χ0) is 12.8. The van der Waals surface area contributed by atoms with E-state index >= 15 is 0 Å². The molecule has 4 heteroatoms. The molecule has 18 heavy (non-hydrogen) atoms. The van der Waals surface area contributed by atoms with Gasteiger partial charge >= 0.3 is 0 Å². The van der Waals surface area contributed by atoms with Crippen molar-refractivity contribution in [1.29, 1.82) is 0 Å². The van der Waals surface area contributed by atoms with Crippen molar-refractivity contribution in [2.45, 2.75) is 19.8 Å². The molecule has 0 aromatic heterocycles. The number of nitrogens with one attached hydrogen (secondary N) is 1. The lowest BCUT2D eigenvalue weighted by Crippen LogP contribution is -2.10. The van der Waals surface area contributed by atoms with E-state index < -0.39 is 0 Å². The number of anilines is 2. The van der Waals surface area contributed by atoms with Gasteiger partial charge in [0.25, 0.3) is 0 Å². The molecule has 4 nitrogen and oxygen atoms in total. The van der Waals surface area contributed by atoms with E-state index in [-0.39, 0.29) is 0 Å². The number of rotatable bonds is 8. The largest absolute Gasteiger partial charge is 0.492 e. The minimum Gasteiger partial charge on any atom is -0.492 e. The second kappa shape index (κ2) is 6.50. The molecule has 1 aliphatic rings. The maximum atomic E-state index is 5.81. The summed E-state index contributed by atoms with van der Waals surface area (Å²) in [6.07, 6.45) is 2.67. The first-order valence-corrected chi connectivity index (χ1v) is 6.63. The highest BCUT2D eigenvalue weighted by molar-refractivity contribution is 5.61. The highest BCUT2D eigenvalue weighted by Crippen LogP contribution is 2.28. The summed E-state index contributed by atoms with van der Waals surface area (Å²) in [4.78, 5) is 0. The van der Waals surface area contributed by atoms with Crippen LogP contribution in [-0.4, -0.2) is 26.4 Å². The van der Waals surface area contributed by atoms with Crippen LogP contribution in [-0.2, 0) is 4.74 Å². The van der Waals surface area contributed by atoms with Crippen LogP contribution in [0.25, 0.3) is 0 Å². The van der Waals surface area contributed by atoms with Crippen LogP contribution in [0, 0.1) is 5.92 Å². The summed E-state index contributed by atoms with van der Waals surface area (Å²) in [5, 5.41) is 3.30. The van der Waals surface area contributed by atoms with Gasteiger partial charge in [-0.2, -0.15) is 0 Å². The molecule has 0 heterocycles. The van der Waals surface area contributed by atoms with Crippen LogP contribution in [0.15, 0.2) is 18.2 Å². The molecule has 1 saturated carbocycles. The fourth-order valence-electron chi connectivity index (χ4n) is 1.73. The first kappa shape index (κ1) is 13.0. The third kappa shape index (κ3) is 4.11. The molecule has 100 valence electrons. The molecule has 2 rings (SSSR count). The van der Waals surface area contributed by atoms with Crippen LogP contribution in [0.5, 0.6) is 5.75 Å². The Kier molecular flexibility index (Phi) is 4.70. The molecule has 0 saturated heterocycles. The predicted octanol–water partition coefficient (Wildman–Crippen LogP) is 2.51.